The van der Waals surface area contributed by atoms with E-state index in [1.165, 1.54) is 0 Å². The minimum atomic E-state index is -0.891. The summed E-state index contributed by atoms with van der Waals surface area (Å²) >= 11 is 0. The summed E-state index contributed by atoms with van der Waals surface area (Å²) in [4.78, 5) is 23.1. The predicted molar refractivity (Wildman–Crippen MR) is 65.6 cm³/mol. The van der Waals surface area contributed by atoms with Gasteiger partial charge in [-0.3, -0.25) is 9.59 Å². The number of amides is 1. The molecule has 0 spiro atoms. The molecule has 5 nitrogen and oxygen atoms in total. The number of aliphatic carboxylic acids is 1. The number of hydrogen-bond donors (Lipinski definition) is 2. The SMILES string of the molecule is CC(C#N)CNC(=O)CC1(C(=O)O)CCCCC1. The average molecular weight is 252 g/mol. The number of carboxylic acids is 1. The molecular formula is C13H20N2O3. The summed E-state index contributed by atoms with van der Waals surface area (Å²) in [5.41, 5.74) is -0.891. The Morgan fingerprint density at radius 3 is 2.50 bits per heavy atom. The monoisotopic (exact) mass is 252 g/mol. The maximum absolute atomic E-state index is 11.8. The van der Waals surface area contributed by atoms with Crippen molar-refractivity contribution in [3.8, 4) is 6.07 Å². The summed E-state index contributed by atoms with van der Waals surface area (Å²) < 4.78 is 0. The summed E-state index contributed by atoms with van der Waals surface area (Å²) in [6.45, 7) is 2.00. The van der Waals surface area contributed by atoms with E-state index in [0.717, 1.165) is 19.3 Å². The Kier molecular flexibility index (Phi) is 5.14. The van der Waals surface area contributed by atoms with Gasteiger partial charge in [-0.25, -0.2) is 0 Å². The number of nitriles is 1. The molecule has 0 aliphatic heterocycles. The van der Waals surface area contributed by atoms with E-state index in [1.54, 1.807) is 6.92 Å². The minimum absolute atomic E-state index is 0.0283. The highest BCUT2D eigenvalue weighted by Crippen LogP contribution is 2.39. The van der Waals surface area contributed by atoms with Crippen LogP contribution in [0.4, 0.5) is 0 Å². The van der Waals surface area contributed by atoms with Crippen molar-refractivity contribution < 1.29 is 14.7 Å². The van der Waals surface area contributed by atoms with Gasteiger partial charge in [-0.15, -0.1) is 0 Å². The molecule has 0 aromatic heterocycles. The lowest BCUT2D eigenvalue weighted by molar-refractivity contribution is -0.154. The third-order valence-electron chi connectivity index (χ3n) is 3.59. The van der Waals surface area contributed by atoms with Crippen LogP contribution in [0.3, 0.4) is 0 Å². The fourth-order valence-electron chi connectivity index (χ4n) is 2.38. The molecule has 1 aliphatic rings. The standard InChI is InChI=1S/C13H20N2O3/c1-10(8-14)9-15-11(16)7-13(12(17)18)5-3-2-4-6-13/h10H,2-7,9H2,1H3,(H,15,16)(H,17,18). The lowest BCUT2D eigenvalue weighted by atomic mass is 9.71. The van der Waals surface area contributed by atoms with Crippen molar-refractivity contribution in [2.75, 3.05) is 6.54 Å². The molecular weight excluding hydrogens is 232 g/mol. The molecule has 18 heavy (non-hydrogen) atoms. The molecule has 0 radical (unpaired) electrons. The van der Waals surface area contributed by atoms with Crippen LogP contribution in [0.5, 0.6) is 0 Å². The van der Waals surface area contributed by atoms with E-state index in [2.05, 4.69) is 5.32 Å². The normalized spacial score (nSPS) is 19.6. The summed E-state index contributed by atoms with van der Waals surface area (Å²) in [6, 6.07) is 2.03. The van der Waals surface area contributed by atoms with E-state index in [1.807, 2.05) is 6.07 Å². The van der Waals surface area contributed by atoms with Crippen LogP contribution in [0.1, 0.15) is 45.4 Å². The summed E-state index contributed by atoms with van der Waals surface area (Å²) in [5.74, 6) is -1.38. The van der Waals surface area contributed by atoms with Gasteiger partial charge < -0.3 is 10.4 Å². The second-order valence-electron chi connectivity index (χ2n) is 5.16. The Morgan fingerprint density at radius 1 is 1.39 bits per heavy atom. The van der Waals surface area contributed by atoms with Crippen molar-refractivity contribution in [1.29, 1.82) is 5.26 Å². The molecule has 0 aromatic carbocycles. The molecule has 1 fully saturated rings. The van der Waals surface area contributed by atoms with Gasteiger partial charge in [0.1, 0.15) is 0 Å². The number of nitrogens with one attached hydrogen (secondary N) is 1. The van der Waals surface area contributed by atoms with Crippen LogP contribution < -0.4 is 5.32 Å². The molecule has 100 valence electrons. The van der Waals surface area contributed by atoms with Crippen molar-refractivity contribution >= 4 is 11.9 Å². The smallest absolute Gasteiger partial charge is 0.310 e. The zero-order chi connectivity index (χ0) is 13.6. The topological polar surface area (TPSA) is 90.2 Å². The summed E-state index contributed by atoms with van der Waals surface area (Å²) in [6.07, 6.45) is 3.96. The maximum atomic E-state index is 11.8. The van der Waals surface area contributed by atoms with E-state index in [0.29, 0.717) is 12.8 Å². The van der Waals surface area contributed by atoms with Gasteiger partial charge >= 0.3 is 5.97 Å². The summed E-state index contributed by atoms with van der Waals surface area (Å²) in [5, 5.41) is 20.6. The van der Waals surface area contributed by atoms with Crippen molar-refractivity contribution in [1.82, 2.24) is 5.32 Å². The number of hydrogen-bond acceptors (Lipinski definition) is 3. The molecule has 0 saturated heterocycles. The quantitative estimate of drug-likeness (QED) is 0.779. The largest absolute Gasteiger partial charge is 0.481 e. The van der Waals surface area contributed by atoms with E-state index in [-0.39, 0.29) is 24.8 Å². The molecule has 2 N–H and O–H groups in total. The molecule has 1 atom stereocenters. The predicted octanol–water partition coefficient (Wildman–Crippen LogP) is 1.69. The van der Waals surface area contributed by atoms with Gasteiger partial charge in [0.05, 0.1) is 17.4 Å². The molecule has 1 amide bonds. The first-order valence-electron chi connectivity index (χ1n) is 6.40. The van der Waals surface area contributed by atoms with Crippen LogP contribution in [-0.4, -0.2) is 23.5 Å². The Labute approximate surface area is 107 Å². The van der Waals surface area contributed by atoms with Gasteiger partial charge in [0.15, 0.2) is 0 Å². The van der Waals surface area contributed by atoms with Crippen molar-refractivity contribution in [3.05, 3.63) is 0 Å². The molecule has 1 saturated carbocycles. The zero-order valence-electron chi connectivity index (χ0n) is 10.7. The Balaban J connectivity index is 2.54. The molecule has 0 aromatic rings. The number of carbonyl (C=O) groups excluding carboxylic acids is 1. The zero-order valence-corrected chi connectivity index (χ0v) is 10.7. The van der Waals surface area contributed by atoms with Gasteiger partial charge in [-0.1, -0.05) is 19.3 Å². The first-order chi connectivity index (χ1) is 8.50. The molecule has 0 bridgehead atoms. The highest BCUT2D eigenvalue weighted by molar-refractivity contribution is 5.85. The number of carbonyl (C=O) groups is 2. The lowest BCUT2D eigenvalue weighted by Crippen LogP contribution is -2.40. The van der Waals surface area contributed by atoms with Crippen molar-refractivity contribution in [3.63, 3.8) is 0 Å². The second-order valence-corrected chi connectivity index (χ2v) is 5.16. The number of carboxylic acid groups (broad SMARTS) is 1. The van der Waals surface area contributed by atoms with Gasteiger partial charge in [0, 0.05) is 13.0 Å². The van der Waals surface area contributed by atoms with Gasteiger partial charge in [-0.2, -0.15) is 5.26 Å². The number of rotatable bonds is 5. The van der Waals surface area contributed by atoms with Gasteiger partial charge in [-0.05, 0) is 19.8 Å². The molecule has 1 unspecified atom stereocenters. The maximum Gasteiger partial charge on any atom is 0.310 e. The highest BCUT2D eigenvalue weighted by atomic mass is 16.4. The first-order valence-corrected chi connectivity index (χ1v) is 6.40. The third-order valence-corrected chi connectivity index (χ3v) is 3.59. The number of nitrogens with zero attached hydrogens (tertiary/aromatic N) is 1. The van der Waals surface area contributed by atoms with E-state index < -0.39 is 11.4 Å². The fraction of sp³-hybridized carbons (Fsp3) is 0.769. The van der Waals surface area contributed by atoms with Crippen LogP contribution in [0.25, 0.3) is 0 Å². The molecule has 1 rings (SSSR count). The Morgan fingerprint density at radius 2 is 2.00 bits per heavy atom. The molecule has 1 aliphatic carbocycles. The molecule has 0 heterocycles. The van der Waals surface area contributed by atoms with Crippen LogP contribution >= 0.6 is 0 Å². The van der Waals surface area contributed by atoms with Gasteiger partial charge in [0.25, 0.3) is 0 Å². The lowest BCUT2D eigenvalue weighted by Gasteiger charge is -2.32. The van der Waals surface area contributed by atoms with E-state index in [9.17, 15) is 14.7 Å². The summed E-state index contributed by atoms with van der Waals surface area (Å²) in [7, 11) is 0. The minimum Gasteiger partial charge on any atom is -0.481 e. The van der Waals surface area contributed by atoms with Crippen LogP contribution in [0.2, 0.25) is 0 Å². The highest BCUT2D eigenvalue weighted by Gasteiger charge is 2.41. The van der Waals surface area contributed by atoms with Crippen molar-refractivity contribution in [2.45, 2.75) is 45.4 Å². The average Bonchev–Trinajstić information content (AvgIpc) is 2.36. The van der Waals surface area contributed by atoms with E-state index in [4.69, 9.17) is 5.26 Å². The van der Waals surface area contributed by atoms with Crippen LogP contribution in [0.15, 0.2) is 0 Å². The van der Waals surface area contributed by atoms with Crippen LogP contribution in [0, 0.1) is 22.7 Å². The fourth-order valence-corrected chi connectivity index (χ4v) is 2.38. The van der Waals surface area contributed by atoms with Gasteiger partial charge in [0.2, 0.25) is 5.91 Å². The Bertz CT molecular complexity index is 354. The molecule has 5 heteroatoms. The van der Waals surface area contributed by atoms with Crippen molar-refractivity contribution in [2.24, 2.45) is 11.3 Å². The van der Waals surface area contributed by atoms with E-state index >= 15 is 0 Å². The third kappa shape index (κ3) is 3.73. The second kappa shape index (κ2) is 6.39. The van der Waals surface area contributed by atoms with Crippen LogP contribution in [-0.2, 0) is 9.59 Å². The first kappa shape index (κ1) is 14.5. The Hall–Kier alpha value is -1.57.